The molecular weight excluding hydrogens is 200 g/mol. The summed E-state index contributed by atoms with van der Waals surface area (Å²) in [5, 5.41) is 2.58. The van der Waals surface area contributed by atoms with Crippen molar-refractivity contribution in [3.63, 3.8) is 0 Å². The van der Waals surface area contributed by atoms with E-state index >= 15 is 0 Å². The van der Waals surface area contributed by atoms with E-state index in [-0.39, 0.29) is 17.7 Å². The summed E-state index contributed by atoms with van der Waals surface area (Å²) in [6.07, 6.45) is 0. The number of nitrogens with zero attached hydrogens (tertiary/aromatic N) is 2. The Labute approximate surface area is 88.1 Å². The number of halogens is 2. The van der Waals surface area contributed by atoms with Crippen LogP contribution in [-0.2, 0) is 0 Å². The van der Waals surface area contributed by atoms with Gasteiger partial charge < -0.3 is 10.2 Å². The molecule has 0 fully saturated rings. The molecule has 3 nitrogen and oxygen atoms in total. The second kappa shape index (κ2) is 4.42. The van der Waals surface area contributed by atoms with Crippen LogP contribution >= 0.6 is 0 Å². The molecule has 0 unspecified atom stereocenters. The minimum absolute atomic E-state index is 0.0545. The van der Waals surface area contributed by atoms with Crippen molar-refractivity contribution in [1.29, 1.82) is 0 Å². The number of pyridine rings is 1. The van der Waals surface area contributed by atoms with Crippen LogP contribution in [0.15, 0.2) is 6.07 Å². The van der Waals surface area contributed by atoms with Gasteiger partial charge in [0.2, 0.25) is 0 Å². The second-order valence-corrected chi connectivity index (χ2v) is 3.58. The van der Waals surface area contributed by atoms with Gasteiger partial charge in [0.1, 0.15) is 0 Å². The lowest BCUT2D eigenvalue weighted by molar-refractivity contribution is 0.568. The quantitative estimate of drug-likeness (QED) is 0.838. The molecule has 0 bridgehead atoms. The summed E-state index contributed by atoms with van der Waals surface area (Å²) in [5.74, 6) is -1.13. The number of aromatic nitrogens is 1. The Morgan fingerprint density at radius 2 is 1.93 bits per heavy atom. The number of rotatable bonds is 3. The van der Waals surface area contributed by atoms with E-state index in [9.17, 15) is 8.78 Å². The maximum absolute atomic E-state index is 13.4. The fourth-order valence-electron chi connectivity index (χ4n) is 1.12. The van der Waals surface area contributed by atoms with E-state index in [1.165, 1.54) is 0 Å². The largest absolute Gasteiger partial charge is 0.371 e. The molecule has 1 aromatic rings. The molecule has 0 saturated heterocycles. The Morgan fingerprint density at radius 3 is 2.40 bits per heavy atom. The molecule has 5 heteroatoms. The van der Waals surface area contributed by atoms with Gasteiger partial charge in [-0.25, -0.2) is 13.8 Å². The van der Waals surface area contributed by atoms with Gasteiger partial charge in [0, 0.05) is 26.2 Å². The van der Waals surface area contributed by atoms with Gasteiger partial charge in [0.15, 0.2) is 23.3 Å². The van der Waals surface area contributed by atoms with Crippen molar-refractivity contribution in [2.45, 2.75) is 19.9 Å². The molecule has 0 atom stereocenters. The first kappa shape index (κ1) is 11.7. The Kier molecular flexibility index (Phi) is 3.44. The van der Waals surface area contributed by atoms with Gasteiger partial charge in [-0.05, 0) is 13.8 Å². The van der Waals surface area contributed by atoms with Gasteiger partial charge in [-0.3, -0.25) is 0 Å². The Balaban J connectivity index is 3.18. The highest BCUT2D eigenvalue weighted by atomic mass is 19.1. The van der Waals surface area contributed by atoms with Crippen molar-refractivity contribution in [3.8, 4) is 0 Å². The molecule has 0 saturated carbocycles. The van der Waals surface area contributed by atoms with E-state index in [1.54, 1.807) is 19.0 Å². The average molecular weight is 215 g/mol. The summed E-state index contributed by atoms with van der Waals surface area (Å²) in [7, 11) is 3.26. The van der Waals surface area contributed by atoms with Crippen molar-refractivity contribution < 1.29 is 8.78 Å². The molecular formula is C10H15F2N3. The smallest absolute Gasteiger partial charge is 0.168 e. The van der Waals surface area contributed by atoms with Crippen molar-refractivity contribution in [3.05, 3.63) is 17.7 Å². The minimum Gasteiger partial charge on any atom is -0.371 e. The van der Waals surface area contributed by atoms with Crippen molar-refractivity contribution >= 4 is 11.6 Å². The van der Waals surface area contributed by atoms with Crippen LogP contribution < -0.4 is 10.2 Å². The Bertz CT molecular complexity index is 353. The summed E-state index contributed by atoms with van der Waals surface area (Å²) in [4.78, 5) is 5.52. The lowest BCUT2D eigenvalue weighted by Gasteiger charge is -2.23. The third-order valence-corrected chi connectivity index (χ3v) is 2.26. The van der Waals surface area contributed by atoms with Crippen molar-refractivity contribution in [2.75, 3.05) is 24.3 Å². The highest BCUT2D eigenvalue weighted by Crippen LogP contribution is 2.22. The second-order valence-electron chi connectivity index (χ2n) is 3.58. The zero-order valence-electron chi connectivity index (χ0n) is 9.31. The lowest BCUT2D eigenvalue weighted by Crippen LogP contribution is -2.28. The first-order valence-corrected chi connectivity index (χ1v) is 4.74. The highest BCUT2D eigenvalue weighted by Gasteiger charge is 2.15. The van der Waals surface area contributed by atoms with Crippen molar-refractivity contribution in [2.24, 2.45) is 0 Å². The van der Waals surface area contributed by atoms with Crippen LogP contribution in [0.3, 0.4) is 0 Å². The van der Waals surface area contributed by atoms with Crippen molar-refractivity contribution in [1.82, 2.24) is 4.98 Å². The van der Waals surface area contributed by atoms with E-state index in [2.05, 4.69) is 10.3 Å². The fourth-order valence-corrected chi connectivity index (χ4v) is 1.12. The lowest BCUT2D eigenvalue weighted by atomic mass is 10.3. The first-order valence-electron chi connectivity index (χ1n) is 4.74. The number of hydrogen-bond acceptors (Lipinski definition) is 3. The zero-order valence-corrected chi connectivity index (χ0v) is 9.31. The summed E-state index contributed by atoms with van der Waals surface area (Å²) in [6, 6.07) is 0.940. The van der Waals surface area contributed by atoms with Crippen LogP contribution in [0.5, 0.6) is 0 Å². The van der Waals surface area contributed by atoms with Gasteiger partial charge in [-0.2, -0.15) is 0 Å². The summed E-state index contributed by atoms with van der Waals surface area (Å²) >= 11 is 0. The molecule has 0 aromatic carbocycles. The molecule has 0 spiro atoms. The van der Waals surface area contributed by atoms with Crippen LogP contribution in [0.4, 0.5) is 20.4 Å². The molecule has 0 amide bonds. The molecule has 0 aliphatic heterocycles. The van der Waals surface area contributed by atoms with Crippen LogP contribution in [0.1, 0.15) is 13.8 Å². The number of nitrogens with one attached hydrogen (secondary N) is 1. The summed E-state index contributed by atoms with van der Waals surface area (Å²) < 4.78 is 26.5. The summed E-state index contributed by atoms with van der Waals surface area (Å²) in [6.45, 7) is 3.81. The first-order chi connectivity index (χ1) is 6.97. The standard InChI is InChI=1S/C10H15F2N3/c1-6(2)15(4)10-8(12)5-7(11)9(13-3)14-10/h5-6H,1-4H3,(H,13,14). The molecule has 1 rings (SSSR count). The van der Waals surface area contributed by atoms with Gasteiger partial charge in [-0.15, -0.1) is 0 Å². The molecule has 0 aliphatic carbocycles. The maximum Gasteiger partial charge on any atom is 0.168 e. The van der Waals surface area contributed by atoms with Gasteiger partial charge in [0.25, 0.3) is 0 Å². The van der Waals surface area contributed by atoms with E-state index in [0.717, 1.165) is 6.07 Å². The average Bonchev–Trinajstić information content (AvgIpc) is 2.17. The maximum atomic E-state index is 13.4. The topological polar surface area (TPSA) is 28.2 Å². The zero-order chi connectivity index (χ0) is 11.6. The predicted octanol–water partition coefficient (Wildman–Crippen LogP) is 2.25. The Morgan fingerprint density at radius 1 is 1.33 bits per heavy atom. The SMILES string of the molecule is CNc1nc(N(C)C(C)C)c(F)cc1F. The third-order valence-electron chi connectivity index (χ3n) is 2.26. The van der Waals surface area contributed by atoms with Gasteiger partial charge in [0.05, 0.1) is 0 Å². The van der Waals surface area contributed by atoms with Gasteiger partial charge in [-0.1, -0.05) is 0 Å². The molecule has 1 heterocycles. The predicted molar refractivity (Wildman–Crippen MR) is 57.2 cm³/mol. The van der Waals surface area contributed by atoms with Crippen LogP contribution in [0, 0.1) is 11.6 Å². The summed E-state index contributed by atoms with van der Waals surface area (Å²) in [5.41, 5.74) is 0. The van der Waals surface area contributed by atoms with E-state index < -0.39 is 11.6 Å². The van der Waals surface area contributed by atoms with Crippen LogP contribution in [0.25, 0.3) is 0 Å². The third kappa shape index (κ3) is 2.34. The molecule has 15 heavy (non-hydrogen) atoms. The van der Waals surface area contributed by atoms with Crippen LogP contribution in [-0.4, -0.2) is 25.1 Å². The number of hydrogen-bond donors (Lipinski definition) is 1. The fraction of sp³-hybridized carbons (Fsp3) is 0.500. The monoisotopic (exact) mass is 215 g/mol. The Hall–Kier alpha value is -1.39. The molecule has 84 valence electrons. The van der Waals surface area contributed by atoms with E-state index in [4.69, 9.17) is 0 Å². The molecule has 0 radical (unpaired) electrons. The van der Waals surface area contributed by atoms with Crippen LogP contribution in [0.2, 0.25) is 0 Å². The molecule has 1 aromatic heterocycles. The van der Waals surface area contributed by atoms with E-state index in [1.807, 2.05) is 13.8 Å². The normalized spacial score (nSPS) is 10.6. The molecule has 0 aliphatic rings. The van der Waals surface area contributed by atoms with E-state index in [0.29, 0.717) is 0 Å². The number of anilines is 2. The highest BCUT2D eigenvalue weighted by molar-refractivity contribution is 5.48. The minimum atomic E-state index is -0.684. The van der Waals surface area contributed by atoms with Gasteiger partial charge >= 0.3 is 0 Å². The molecule has 1 N–H and O–H groups in total.